The molecule has 0 bridgehead atoms. The van der Waals surface area contributed by atoms with Crippen LogP contribution in [0.3, 0.4) is 0 Å². The van der Waals surface area contributed by atoms with Gasteiger partial charge in [-0.2, -0.15) is 0 Å². The number of furan rings is 1. The molecule has 0 fully saturated rings. The molecule has 1 aromatic carbocycles. The fourth-order valence-electron chi connectivity index (χ4n) is 1.31. The van der Waals surface area contributed by atoms with Crippen LogP contribution in [0.2, 0.25) is 5.02 Å². The summed E-state index contributed by atoms with van der Waals surface area (Å²) in [6.45, 7) is 0. The smallest absolute Gasteiger partial charge is 0.371 e. The Bertz CT molecular complexity index is 650. The maximum atomic E-state index is 10.6. The normalized spacial score (nSPS) is 10.2. The Morgan fingerprint density at radius 1 is 1.37 bits per heavy atom. The molecule has 0 spiro atoms. The topological polar surface area (TPSA) is 103 Å². The van der Waals surface area contributed by atoms with E-state index in [1.54, 1.807) is 0 Å². The molecule has 0 atom stereocenters. The van der Waals surface area contributed by atoms with Gasteiger partial charge in [-0.3, -0.25) is 10.1 Å². The number of nitro groups is 1. The number of hydrogen-bond donors (Lipinski definition) is 1. The highest BCUT2D eigenvalue weighted by molar-refractivity contribution is 6.32. The van der Waals surface area contributed by atoms with Crippen molar-refractivity contribution in [3.05, 3.63) is 51.2 Å². The van der Waals surface area contributed by atoms with Crippen LogP contribution in [-0.2, 0) is 0 Å². The van der Waals surface area contributed by atoms with Gasteiger partial charge in [-0.25, -0.2) is 4.79 Å². The number of nitro benzene ring substituents is 1. The van der Waals surface area contributed by atoms with Crippen molar-refractivity contribution in [2.24, 2.45) is 0 Å². The van der Waals surface area contributed by atoms with Crippen LogP contribution in [-0.4, -0.2) is 16.0 Å². The standard InChI is InChI=1S/C11H6ClNO6/c12-7-5-6(1-2-8(7)13(16)17)18-10-4-3-9(19-10)11(14)15/h1-5H,(H,14,15). The lowest BCUT2D eigenvalue weighted by molar-refractivity contribution is -0.384. The molecular weight excluding hydrogens is 278 g/mol. The Labute approximate surface area is 111 Å². The summed E-state index contributed by atoms with van der Waals surface area (Å²) in [6.07, 6.45) is 0. The molecule has 0 radical (unpaired) electrons. The largest absolute Gasteiger partial charge is 0.475 e. The summed E-state index contributed by atoms with van der Waals surface area (Å²) in [6, 6.07) is 6.29. The van der Waals surface area contributed by atoms with Crippen LogP contribution >= 0.6 is 11.6 Å². The number of nitrogens with zero attached hydrogens (tertiary/aromatic N) is 1. The second-order valence-electron chi connectivity index (χ2n) is 3.40. The van der Waals surface area contributed by atoms with E-state index in [-0.39, 0.29) is 28.2 Å². The third-order valence-corrected chi connectivity index (χ3v) is 2.43. The van der Waals surface area contributed by atoms with Crippen molar-refractivity contribution in [2.45, 2.75) is 0 Å². The molecule has 0 unspecified atom stereocenters. The predicted octanol–water partition coefficient (Wildman–Crippen LogP) is 3.33. The van der Waals surface area contributed by atoms with Gasteiger partial charge in [0.25, 0.3) is 11.6 Å². The Kier molecular flexibility index (Phi) is 3.39. The van der Waals surface area contributed by atoms with Crippen molar-refractivity contribution in [1.29, 1.82) is 0 Å². The number of benzene rings is 1. The number of carboxylic acids is 1. The van der Waals surface area contributed by atoms with E-state index in [1.807, 2.05) is 0 Å². The summed E-state index contributed by atoms with van der Waals surface area (Å²) in [5, 5.41) is 19.1. The molecule has 1 aromatic heterocycles. The van der Waals surface area contributed by atoms with Crippen LogP contribution in [0.4, 0.5) is 5.69 Å². The number of carboxylic acid groups (broad SMARTS) is 1. The molecule has 19 heavy (non-hydrogen) atoms. The van der Waals surface area contributed by atoms with Gasteiger partial charge in [0.15, 0.2) is 0 Å². The molecule has 0 amide bonds. The van der Waals surface area contributed by atoms with Crippen LogP contribution in [0, 0.1) is 10.1 Å². The number of hydrogen-bond acceptors (Lipinski definition) is 5. The van der Waals surface area contributed by atoms with Crippen molar-refractivity contribution in [3.63, 3.8) is 0 Å². The zero-order valence-corrected chi connectivity index (χ0v) is 9.96. The van der Waals surface area contributed by atoms with E-state index in [0.717, 1.165) is 0 Å². The lowest BCUT2D eigenvalue weighted by Gasteiger charge is -2.02. The number of rotatable bonds is 4. The minimum atomic E-state index is -1.23. The molecule has 2 rings (SSSR count). The predicted molar refractivity (Wildman–Crippen MR) is 63.8 cm³/mol. The summed E-state index contributed by atoms with van der Waals surface area (Å²) >= 11 is 5.70. The van der Waals surface area contributed by atoms with Crippen molar-refractivity contribution in [1.82, 2.24) is 0 Å². The Hall–Kier alpha value is -2.54. The monoisotopic (exact) mass is 283 g/mol. The molecule has 7 nitrogen and oxygen atoms in total. The Morgan fingerprint density at radius 2 is 2.11 bits per heavy atom. The van der Waals surface area contributed by atoms with Gasteiger partial charge < -0.3 is 14.3 Å². The van der Waals surface area contributed by atoms with Gasteiger partial charge in [-0.15, -0.1) is 0 Å². The summed E-state index contributed by atoms with van der Waals surface area (Å²) in [4.78, 5) is 20.5. The molecule has 2 aromatic rings. The second-order valence-corrected chi connectivity index (χ2v) is 3.80. The Morgan fingerprint density at radius 3 is 2.63 bits per heavy atom. The van der Waals surface area contributed by atoms with Crippen LogP contribution in [0.25, 0.3) is 0 Å². The quantitative estimate of drug-likeness (QED) is 0.682. The van der Waals surface area contributed by atoms with Crippen molar-refractivity contribution in [3.8, 4) is 11.7 Å². The van der Waals surface area contributed by atoms with Gasteiger partial charge in [0.2, 0.25) is 5.76 Å². The minimum Gasteiger partial charge on any atom is -0.475 e. The highest BCUT2D eigenvalue weighted by Gasteiger charge is 2.14. The molecule has 0 aliphatic heterocycles. The first-order valence-electron chi connectivity index (χ1n) is 4.92. The summed E-state index contributed by atoms with van der Waals surface area (Å²) in [5.74, 6) is -1.36. The summed E-state index contributed by atoms with van der Waals surface area (Å²) in [7, 11) is 0. The van der Waals surface area contributed by atoms with Gasteiger partial charge >= 0.3 is 5.97 Å². The maximum absolute atomic E-state index is 10.6. The molecule has 0 aliphatic carbocycles. The van der Waals surface area contributed by atoms with E-state index in [9.17, 15) is 14.9 Å². The van der Waals surface area contributed by atoms with Gasteiger partial charge in [-0.05, 0) is 12.1 Å². The van der Waals surface area contributed by atoms with E-state index in [2.05, 4.69) is 0 Å². The average molecular weight is 284 g/mol. The first-order chi connectivity index (χ1) is 8.97. The zero-order chi connectivity index (χ0) is 14.0. The molecule has 0 saturated heterocycles. The van der Waals surface area contributed by atoms with E-state index < -0.39 is 10.9 Å². The third kappa shape index (κ3) is 2.83. The molecule has 8 heteroatoms. The molecule has 0 aliphatic rings. The average Bonchev–Trinajstić information content (AvgIpc) is 2.77. The van der Waals surface area contributed by atoms with Gasteiger partial charge in [0.05, 0.1) is 4.92 Å². The third-order valence-electron chi connectivity index (χ3n) is 2.13. The lowest BCUT2D eigenvalue weighted by atomic mass is 10.3. The number of aromatic carboxylic acids is 1. The second kappa shape index (κ2) is 4.99. The highest BCUT2D eigenvalue weighted by Crippen LogP contribution is 2.31. The number of ether oxygens (including phenoxy) is 1. The first-order valence-corrected chi connectivity index (χ1v) is 5.30. The Balaban J connectivity index is 2.21. The van der Waals surface area contributed by atoms with Crippen LogP contribution in [0.15, 0.2) is 34.7 Å². The fraction of sp³-hybridized carbons (Fsp3) is 0. The first kappa shape index (κ1) is 12.9. The SMILES string of the molecule is O=C(O)c1ccc(Oc2ccc([N+](=O)[O-])c(Cl)c2)o1. The highest BCUT2D eigenvalue weighted by atomic mass is 35.5. The van der Waals surface area contributed by atoms with E-state index in [0.29, 0.717) is 0 Å². The molecule has 1 N–H and O–H groups in total. The minimum absolute atomic E-state index is 0.0534. The van der Waals surface area contributed by atoms with Crippen molar-refractivity contribution >= 4 is 23.3 Å². The van der Waals surface area contributed by atoms with E-state index >= 15 is 0 Å². The summed E-state index contributed by atoms with van der Waals surface area (Å²) in [5.41, 5.74) is -0.250. The lowest BCUT2D eigenvalue weighted by Crippen LogP contribution is -1.92. The van der Waals surface area contributed by atoms with Gasteiger partial charge in [0, 0.05) is 18.2 Å². The van der Waals surface area contributed by atoms with Crippen LogP contribution in [0.1, 0.15) is 10.6 Å². The molecule has 1 heterocycles. The summed E-state index contributed by atoms with van der Waals surface area (Å²) < 4.78 is 10.1. The van der Waals surface area contributed by atoms with E-state index in [4.69, 9.17) is 25.9 Å². The molecule has 0 saturated carbocycles. The van der Waals surface area contributed by atoms with Crippen LogP contribution < -0.4 is 4.74 Å². The van der Waals surface area contributed by atoms with Crippen molar-refractivity contribution < 1.29 is 24.0 Å². The molecular formula is C11H6ClNO6. The number of carbonyl (C=O) groups is 1. The van der Waals surface area contributed by atoms with Crippen LogP contribution in [0.5, 0.6) is 11.7 Å². The van der Waals surface area contributed by atoms with Gasteiger partial charge in [0.1, 0.15) is 10.8 Å². The van der Waals surface area contributed by atoms with E-state index in [1.165, 1.54) is 30.3 Å². The zero-order valence-electron chi connectivity index (χ0n) is 9.20. The van der Waals surface area contributed by atoms with Gasteiger partial charge in [-0.1, -0.05) is 11.6 Å². The fourth-order valence-corrected chi connectivity index (χ4v) is 1.54. The maximum Gasteiger partial charge on any atom is 0.371 e. The number of halogens is 1. The molecule has 98 valence electrons. The van der Waals surface area contributed by atoms with Crippen molar-refractivity contribution in [2.75, 3.05) is 0 Å².